The van der Waals surface area contributed by atoms with Crippen molar-refractivity contribution in [2.75, 3.05) is 33.2 Å². The molecule has 4 nitrogen and oxygen atoms in total. The first-order valence-corrected chi connectivity index (χ1v) is 8.31. The molecule has 2 saturated heterocycles. The molecular formula is C18H24N2O2. The number of benzene rings is 1. The minimum atomic E-state index is -0.595. The second-order valence-electron chi connectivity index (χ2n) is 7.44. The van der Waals surface area contributed by atoms with Gasteiger partial charge >= 0.3 is 5.97 Å². The van der Waals surface area contributed by atoms with Crippen molar-refractivity contribution in [2.45, 2.75) is 25.3 Å². The molecule has 0 bridgehead atoms. The molecule has 1 aromatic carbocycles. The maximum absolute atomic E-state index is 12.0. The van der Waals surface area contributed by atoms with Gasteiger partial charge in [-0.3, -0.25) is 9.69 Å². The summed E-state index contributed by atoms with van der Waals surface area (Å²) in [6.45, 7) is 3.40. The molecule has 0 aromatic heterocycles. The number of carboxylic acids is 1. The molecule has 3 aliphatic rings. The normalized spacial score (nSPS) is 32.9. The fourth-order valence-electron chi connectivity index (χ4n) is 4.88. The summed E-state index contributed by atoms with van der Waals surface area (Å²) in [6.07, 6.45) is 3.17. The van der Waals surface area contributed by atoms with Gasteiger partial charge in [-0.05, 0) is 49.9 Å². The third-order valence-electron chi connectivity index (χ3n) is 6.10. The number of carboxylic acid groups (broad SMARTS) is 1. The second kappa shape index (κ2) is 5.07. The number of hydrogen-bond donors (Lipinski definition) is 1. The topological polar surface area (TPSA) is 43.8 Å². The Kier molecular flexibility index (Phi) is 3.27. The third kappa shape index (κ3) is 2.09. The molecule has 0 saturated carbocycles. The van der Waals surface area contributed by atoms with E-state index < -0.39 is 11.4 Å². The summed E-state index contributed by atoms with van der Waals surface area (Å²) in [4.78, 5) is 16.7. The highest BCUT2D eigenvalue weighted by molar-refractivity contribution is 5.76. The van der Waals surface area contributed by atoms with Gasteiger partial charge in [0.15, 0.2) is 0 Å². The number of likely N-dealkylation sites (tertiary alicyclic amines) is 2. The quantitative estimate of drug-likeness (QED) is 0.899. The van der Waals surface area contributed by atoms with Crippen LogP contribution in [0.1, 0.15) is 17.5 Å². The Morgan fingerprint density at radius 3 is 2.55 bits per heavy atom. The second-order valence-corrected chi connectivity index (χ2v) is 7.44. The Morgan fingerprint density at radius 2 is 1.91 bits per heavy atom. The van der Waals surface area contributed by atoms with E-state index in [1.54, 1.807) is 0 Å². The maximum atomic E-state index is 12.0. The summed E-state index contributed by atoms with van der Waals surface area (Å²) in [5, 5.41) is 9.90. The number of carbonyl (C=O) groups is 1. The van der Waals surface area contributed by atoms with E-state index in [1.165, 1.54) is 11.1 Å². The van der Waals surface area contributed by atoms with Crippen LogP contribution in [0.4, 0.5) is 0 Å². The van der Waals surface area contributed by atoms with Crippen molar-refractivity contribution in [3.05, 3.63) is 35.4 Å². The van der Waals surface area contributed by atoms with Crippen LogP contribution in [0.15, 0.2) is 24.3 Å². The number of nitrogens with zero attached hydrogens (tertiary/aromatic N) is 2. The Morgan fingerprint density at radius 1 is 1.23 bits per heavy atom. The van der Waals surface area contributed by atoms with Crippen molar-refractivity contribution in [1.29, 1.82) is 0 Å². The van der Waals surface area contributed by atoms with Gasteiger partial charge in [0.05, 0.1) is 5.41 Å². The SMILES string of the molecule is CN1CC[C@@H]2CN(C3Cc4ccccc4C3)C[C@]2(C(=O)O)C1. The van der Waals surface area contributed by atoms with Crippen molar-refractivity contribution in [1.82, 2.24) is 9.80 Å². The lowest BCUT2D eigenvalue weighted by atomic mass is 9.73. The van der Waals surface area contributed by atoms with Crippen molar-refractivity contribution < 1.29 is 9.90 Å². The molecule has 0 amide bonds. The summed E-state index contributed by atoms with van der Waals surface area (Å²) in [5.41, 5.74) is 2.34. The van der Waals surface area contributed by atoms with Gasteiger partial charge in [0.25, 0.3) is 0 Å². The van der Waals surface area contributed by atoms with Crippen LogP contribution < -0.4 is 0 Å². The predicted octanol–water partition coefficient (Wildman–Crippen LogP) is 1.49. The van der Waals surface area contributed by atoms with E-state index in [0.717, 1.165) is 38.9 Å². The van der Waals surface area contributed by atoms with Crippen LogP contribution in [-0.2, 0) is 17.6 Å². The molecule has 118 valence electrons. The maximum Gasteiger partial charge on any atom is 0.312 e. The Labute approximate surface area is 131 Å². The highest BCUT2D eigenvalue weighted by Gasteiger charge is 2.55. The molecule has 0 spiro atoms. The van der Waals surface area contributed by atoms with Gasteiger partial charge in [-0.1, -0.05) is 24.3 Å². The largest absolute Gasteiger partial charge is 0.481 e. The van der Waals surface area contributed by atoms with Crippen LogP contribution in [0.5, 0.6) is 0 Å². The van der Waals surface area contributed by atoms with Crippen molar-refractivity contribution in [3.63, 3.8) is 0 Å². The molecule has 1 aromatic rings. The van der Waals surface area contributed by atoms with Crippen LogP contribution in [0.2, 0.25) is 0 Å². The molecule has 1 aliphatic carbocycles. The summed E-state index contributed by atoms with van der Waals surface area (Å²) in [7, 11) is 2.05. The zero-order valence-electron chi connectivity index (χ0n) is 13.2. The average Bonchev–Trinajstić information content (AvgIpc) is 3.08. The lowest BCUT2D eigenvalue weighted by Crippen LogP contribution is -2.52. The van der Waals surface area contributed by atoms with Crippen molar-refractivity contribution >= 4 is 5.97 Å². The zero-order valence-corrected chi connectivity index (χ0v) is 13.2. The number of piperidine rings is 1. The number of rotatable bonds is 2. The van der Waals surface area contributed by atoms with E-state index in [2.05, 4.69) is 41.1 Å². The first kappa shape index (κ1) is 14.2. The lowest BCUT2D eigenvalue weighted by molar-refractivity contribution is -0.154. The Balaban J connectivity index is 1.56. The first-order valence-electron chi connectivity index (χ1n) is 8.31. The van der Waals surface area contributed by atoms with E-state index in [-0.39, 0.29) is 0 Å². The Bertz CT molecular complexity index is 578. The van der Waals surface area contributed by atoms with E-state index in [9.17, 15) is 9.90 Å². The van der Waals surface area contributed by atoms with Gasteiger partial charge in [-0.25, -0.2) is 0 Å². The van der Waals surface area contributed by atoms with Gasteiger partial charge in [0.2, 0.25) is 0 Å². The van der Waals surface area contributed by atoms with E-state index in [1.807, 2.05) is 0 Å². The van der Waals surface area contributed by atoms with Crippen molar-refractivity contribution in [2.24, 2.45) is 11.3 Å². The van der Waals surface area contributed by atoms with Gasteiger partial charge in [0, 0.05) is 25.7 Å². The van der Waals surface area contributed by atoms with Gasteiger partial charge in [-0.2, -0.15) is 0 Å². The summed E-state index contributed by atoms with van der Waals surface area (Å²) in [6, 6.07) is 9.15. The number of hydrogen-bond acceptors (Lipinski definition) is 3. The molecular weight excluding hydrogens is 276 g/mol. The molecule has 2 heterocycles. The molecule has 1 N–H and O–H groups in total. The summed E-state index contributed by atoms with van der Waals surface area (Å²) >= 11 is 0. The molecule has 4 heteroatoms. The van der Waals surface area contributed by atoms with E-state index in [4.69, 9.17) is 0 Å². The standard InChI is InChI=1S/C18H24N2O2/c1-19-7-6-15-10-20(12-18(15,11-19)17(21)22)16-8-13-4-2-3-5-14(13)9-16/h2-5,15-16H,6-12H2,1H3,(H,21,22)/t15-,18-/m1/s1. The molecule has 0 radical (unpaired) electrons. The Hall–Kier alpha value is -1.39. The van der Waals surface area contributed by atoms with Crippen LogP contribution in [0.3, 0.4) is 0 Å². The van der Waals surface area contributed by atoms with Crippen LogP contribution in [0, 0.1) is 11.3 Å². The summed E-state index contributed by atoms with van der Waals surface area (Å²) < 4.78 is 0. The smallest absolute Gasteiger partial charge is 0.312 e. The molecule has 4 rings (SSSR count). The van der Waals surface area contributed by atoms with E-state index >= 15 is 0 Å². The first-order chi connectivity index (χ1) is 10.6. The van der Waals surface area contributed by atoms with Crippen LogP contribution >= 0.6 is 0 Å². The number of aliphatic carboxylic acids is 1. The third-order valence-corrected chi connectivity index (χ3v) is 6.10. The highest BCUT2D eigenvalue weighted by Crippen LogP contribution is 2.44. The fraction of sp³-hybridized carbons (Fsp3) is 0.611. The molecule has 0 unspecified atom stereocenters. The fourth-order valence-corrected chi connectivity index (χ4v) is 4.88. The lowest BCUT2D eigenvalue weighted by Gasteiger charge is -2.39. The molecule has 22 heavy (non-hydrogen) atoms. The van der Waals surface area contributed by atoms with E-state index in [0.29, 0.717) is 18.5 Å². The van der Waals surface area contributed by atoms with Crippen LogP contribution in [0.25, 0.3) is 0 Å². The molecule has 2 aliphatic heterocycles. The van der Waals surface area contributed by atoms with Gasteiger partial charge < -0.3 is 10.0 Å². The highest BCUT2D eigenvalue weighted by atomic mass is 16.4. The minimum Gasteiger partial charge on any atom is -0.481 e. The monoisotopic (exact) mass is 300 g/mol. The van der Waals surface area contributed by atoms with Gasteiger partial charge in [-0.15, -0.1) is 0 Å². The minimum absolute atomic E-state index is 0.310. The predicted molar refractivity (Wildman–Crippen MR) is 84.9 cm³/mol. The molecule has 2 atom stereocenters. The zero-order chi connectivity index (χ0) is 15.3. The average molecular weight is 300 g/mol. The van der Waals surface area contributed by atoms with Crippen LogP contribution in [-0.4, -0.2) is 60.1 Å². The molecule has 2 fully saturated rings. The van der Waals surface area contributed by atoms with Gasteiger partial charge in [0.1, 0.15) is 0 Å². The number of fused-ring (bicyclic) bond motifs is 2. The summed E-state index contributed by atoms with van der Waals surface area (Å²) in [5.74, 6) is -0.285. The van der Waals surface area contributed by atoms with Crippen molar-refractivity contribution in [3.8, 4) is 0 Å².